The summed E-state index contributed by atoms with van der Waals surface area (Å²) in [5.41, 5.74) is 2.34. The number of aryl methyl sites for hydroxylation is 2. The number of nitrogens with zero attached hydrogens (tertiary/aromatic N) is 2. The first-order valence-corrected chi connectivity index (χ1v) is 7.08. The Morgan fingerprint density at radius 3 is 3.00 bits per heavy atom. The van der Waals surface area contributed by atoms with Crippen molar-refractivity contribution in [3.63, 3.8) is 0 Å². The van der Waals surface area contributed by atoms with E-state index in [1.54, 1.807) is 11.3 Å². The zero-order chi connectivity index (χ0) is 13.1. The van der Waals surface area contributed by atoms with Crippen LogP contribution in [0.5, 0.6) is 0 Å². The van der Waals surface area contributed by atoms with E-state index in [9.17, 15) is 0 Å². The van der Waals surface area contributed by atoms with Gasteiger partial charge in [0.25, 0.3) is 0 Å². The number of hydrogen-bond acceptors (Lipinski definition) is 3. The highest BCUT2D eigenvalue weighted by atomic mass is 32.1. The van der Waals surface area contributed by atoms with Gasteiger partial charge >= 0.3 is 0 Å². The van der Waals surface area contributed by atoms with Crippen LogP contribution in [-0.2, 0) is 6.54 Å². The van der Waals surface area contributed by atoms with E-state index in [0.717, 1.165) is 30.0 Å². The third kappa shape index (κ3) is 2.58. The summed E-state index contributed by atoms with van der Waals surface area (Å²) < 4.78 is 2.19. The van der Waals surface area contributed by atoms with Gasteiger partial charge in [0, 0.05) is 30.1 Å². The second-order valence-corrected chi connectivity index (χ2v) is 5.75. The molecule has 2 aromatic heterocycles. The molecule has 0 radical (unpaired) electrons. The second kappa shape index (κ2) is 5.55. The first-order chi connectivity index (χ1) is 8.65. The van der Waals surface area contributed by atoms with Gasteiger partial charge in [0.05, 0.1) is 11.4 Å². The largest absolute Gasteiger partial charge is 0.307 e. The minimum absolute atomic E-state index is 0.389. The predicted molar refractivity (Wildman–Crippen MR) is 76.9 cm³/mol. The Hall–Kier alpha value is -1.31. The Labute approximate surface area is 112 Å². The molecule has 1 atom stereocenters. The maximum absolute atomic E-state index is 5.37. The fourth-order valence-electron chi connectivity index (χ4n) is 2.07. The molecule has 0 aliphatic heterocycles. The van der Waals surface area contributed by atoms with Crippen molar-refractivity contribution in [1.29, 1.82) is 0 Å². The lowest BCUT2D eigenvalue weighted by Gasteiger charge is -2.14. The van der Waals surface area contributed by atoms with Gasteiger partial charge in [-0.25, -0.2) is 4.98 Å². The van der Waals surface area contributed by atoms with E-state index in [-0.39, 0.29) is 0 Å². The molecule has 1 N–H and O–H groups in total. The van der Waals surface area contributed by atoms with Gasteiger partial charge in [0.15, 0.2) is 4.96 Å². The minimum atomic E-state index is 0.389. The molecule has 18 heavy (non-hydrogen) atoms. The maximum atomic E-state index is 5.37. The van der Waals surface area contributed by atoms with Crippen LogP contribution in [0.4, 0.5) is 0 Å². The van der Waals surface area contributed by atoms with Gasteiger partial charge in [-0.3, -0.25) is 4.40 Å². The molecule has 0 aliphatic carbocycles. The lowest BCUT2D eigenvalue weighted by Crippen LogP contribution is -2.28. The van der Waals surface area contributed by atoms with Crippen molar-refractivity contribution in [2.75, 3.05) is 0 Å². The summed E-state index contributed by atoms with van der Waals surface area (Å²) in [6, 6.07) is 0.389. The minimum Gasteiger partial charge on any atom is -0.307 e. The summed E-state index contributed by atoms with van der Waals surface area (Å²) in [6.07, 6.45) is 9.35. The van der Waals surface area contributed by atoms with Gasteiger partial charge in [-0.05, 0) is 20.3 Å². The maximum Gasteiger partial charge on any atom is 0.194 e. The van der Waals surface area contributed by atoms with Crippen molar-refractivity contribution in [2.45, 2.75) is 46.2 Å². The fourth-order valence-corrected chi connectivity index (χ4v) is 2.96. The van der Waals surface area contributed by atoms with Crippen LogP contribution in [-0.4, -0.2) is 15.4 Å². The summed E-state index contributed by atoms with van der Waals surface area (Å²) >= 11 is 1.73. The molecule has 0 aromatic carbocycles. The normalized spacial score (nSPS) is 12.8. The van der Waals surface area contributed by atoms with Crippen molar-refractivity contribution >= 4 is 16.3 Å². The summed E-state index contributed by atoms with van der Waals surface area (Å²) in [6.45, 7) is 7.15. The molecule has 2 heterocycles. The van der Waals surface area contributed by atoms with Crippen LogP contribution >= 0.6 is 11.3 Å². The number of imidazole rings is 1. The van der Waals surface area contributed by atoms with Gasteiger partial charge in [-0.2, -0.15) is 0 Å². The van der Waals surface area contributed by atoms with Crippen LogP contribution in [0.1, 0.15) is 36.0 Å². The Morgan fingerprint density at radius 1 is 1.56 bits per heavy atom. The van der Waals surface area contributed by atoms with Crippen LogP contribution < -0.4 is 5.32 Å². The van der Waals surface area contributed by atoms with Crippen LogP contribution in [0, 0.1) is 26.2 Å². The van der Waals surface area contributed by atoms with Crippen molar-refractivity contribution in [1.82, 2.24) is 14.7 Å². The van der Waals surface area contributed by atoms with Crippen molar-refractivity contribution in [3.8, 4) is 12.3 Å². The molecule has 1 unspecified atom stereocenters. The molecule has 0 spiro atoms. The number of terminal acetylenes is 1. The smallest absolute Gasteiger partial charge is 0.194 e. The number of thiazole rings is 1. The van der Waals surface area contributed by atoms with Gasteiger partial charge < -0.3 is 5.32 Å². The molecule has 2 rings (SSSR count). The highest BCUT2D eigenvalue weighted by Crippen LogP contribution is 2.20. The van der Waals surface area contributed by atoms with E-state index < -0.39 is 0 Å². The number of fused-ring (bicyclic) bond motifs is 1. The quantitative estimate of drug-likeness (QED) is 0.839. The highest BCUT2D eigenvalue weighted by Gasteiger charge is 2.12. The third-order valence-corrected chi connectivity index (χ3v) is 4.05. The summed E-state index contributed by atoms with van der Waals surface area (Å²) in [7, 11) is 0. The van der Waals surface area contributed by atoms with Crippen molar-refractivity contribution < 1.29 is 0 Å². The average Bonchev–Trinajstić information content (AvgIpc) is 2.80. The molecule has 0 saturated carbocycles. The van der Waals surface area contributed by atoms with Gasteiger partial charge in [-0.1, -0.05) is 6.92 Å². The van der Waals surface area contributed by atoms with Crippen molar-refractivity contribution in [3.05, 3.63) is 22.5 Å². The van der Waals surface area contributed by atoms with Gasteiger partial charge in [0.2, 0.25) is 0 Å². The summed E-state index contributed by atoms with van der Waals surface area (Å²) in [5.74, 6) is 2.72. The summed E-state index contributed by atoms with van der Waals surface area (Å²) in [4.78, 5) is 6.95. The van der Waals surface area contributed by atoms with E-state index in [1.807, 2.05) is 0 Å². The van der Waals surface area contributed by atoms with E-state index in [0.29, 0.717) is 6.04 Å². The zero-order valence-corrected chi connectivity index (χ0v) is 12.0. The average molecular weight is 261 g/mol. The first kappa shape index (κ1) is 13.1. The molecule has 96 valence electrons. The van der Waals surface area contributed by atoms with E-state index in [1.165, 1.54) is 10.6 Å². The topological polar surface area (TPSA) is 29.3 Å². The van der Waals surface area contributed by atoms with E-state index in [4.69, 9.17) is 6.42 Å². The van der Waals surface area contributed by atoms with E-state index >= 15 is 0 Å². The number of hydrogen-bond donors (Lipinski definition) is 1. The molecule has 2 aromatic rings. The number of rotatable bonds is 5. The molecule has 0 fully saturated rings. The lowest BCUT2D eigenvalue weighted by molar-refractivity contribution is 0.500. The third-order valence-electron chi connectivity index (χ3n) is 3.16. The van der Waals surface area contributed by atoms with Crippen LogP contribution in [0.2, 0.25) is 0 Å². The van der Waals surface area contributed by atoms with Crippen molar-refractivity contribution in [2.24, 2.45) is 0 Å². The standard InChI is InChI=1S/C14H19N3S/c1-5-7-12(6-2)15-8-13-11(4)16-14-17(13)9-10(3)18-14/h1,9,12,15H,6-8H2,2-4H3. The lowest BCUT2D eigenvalue weighted by atomic mass is 10.1. The Balaban J connectivity index is 2.15. The van der Waals surface area contributed by atoms with Gasteiger partial charge in [-0.15, -0.1) is 23.7 Å². The molecule has 3 nitrogen and oxygen atoms in total. The molecular weight excluding hydrogens is 242 g/mol. The Kier molecular flexibility index (Phi) is 4.05. The monoisotopic (exact) mass is 261 g/mol. The first-order valence-electron chi connectivity index (χ1n) is 6.26. The molecule has 0 aliphatic rings. The zero-order valence-electron chi connectivity index (χ0n) is 11.2. The Bertz CT molecular complexity index is 574. The molecule has 0 amide bonds. The SMILES string of the molecule is C#CCC(CC)NCc1c(C)nc2sc(C)cn12. The van der Waals surface area contributed by atoms with Gasteiger partial charge in [0.1, 0.15) is 0 Å². The molecular formula is C14H19N3S. The number of aromatic nitrogens is 2. The molecule has 4 heteroatoms. The Morgan fingerprint density at radius 2 is 2.33 bits per heavy atom. The van der Waals surface area contributed by atoms with Crippen LogP contribution in [0.25, 0.3) is 4.96 Å². The highest BCUT2D eigenvalue weighted by molar-refractivity contribution is 7.17. The van der Waals surface area contributed by atoms with Crippen LogP contribution in [0.15, 0.2) is 6.20 Å². The second-order valence-electron chi connectivity index (χ2n) is 4.53. The summed E-state index contributed by atoms with van der Waals surface area (Å²) in [5, 5.41) is 3.52. The molecule has 0 bridgehead atoms. The fraction of sp³-hybridized carbons (Fsp3) is 0.500. The molecule has 0 saturated heterocycles. The van der Waals surface area contributed by atoms with Crippen LogP contribution in [0.3, 0.4) is 0 Å². The van der Waals surface area contributed by atoms with E-state index in [2.05, 4.69) is 47.6 Å². The number of nitrogens with one attached hydrogen (secondary N) is 1. The predicted octanol–water partition coefficient (Wildman–Crippen LogP) is 2.90.